The number of halogens is 2. The summed E-state index contributed by atoms with van der Waals surface area (Å²) in [5, 5.41) is 0. The van der Waals surface area contributed by atoms with Crippen LogP contribution in [0.2, 0.25) is 0 Å². The summed E-state index contributed by atoms with van der Waals surface area (Å²) in [5.74, 6) is -0.0751. The number of hydrogen-bond acceptors (Lipinski definition) is 2. The molecule has 1 aliphatic rings. The summed E-state index contributed by atoms with van der Waals surface area (Å²) in [7, 11) is 0. The quantitative estimate of drug-likeness (QED) is 0.687. The Labute approximate surface area is 101 Å². The fourth-order valence-electron chi connectivity index (χ4n) is 1.51. The number of hydrogen-bond donors (Lipinski definition) is 1. The highest BCUT2D eigenvalue weighted by Crippen LogP contribution is 2.32. The Bertz CT molecular complexity index is 415. The summed E-state index contributed by atoms with van der Waals surface area (Å²) in [4.78, 5) is 11.6. The summed E-state index contributed by atoms with van der Waals surface area (Å²) in [6, 6.07) is 3.27. The molecule has 4 heteroatoms. The van der Waals surface area contributed by atoms with Crippen molar-refractivity contribution in [1.82, 2.24) is 0 Å². The lowest BCUT2D eigenvalue weighted by molar-refractivity contribution is -0.119. The van der Waals surface area contributed by atoms with Gasteiger partial charge in [-0.05, 0) is 47.6 Å². The van der Waals surface area contributed by atoms with Crippen molar-refractivity contribution in [2.24, 2.45) is 5.92 Å². The molecule has 1 aromatic rings. The van der Waals surface area contributed by atoms with Crippen molar-refractivity contribution in [3.63, 3.8) is 0 Å². The number of ketones is 1. The first kappa shape index (κ1) is 10.9. The average Bonchev–Trinajstić information content (AvgIpc) is 3.02. The molecule has 0 radical (unpaired) electrons. The van der Waals surface area contributed by atoms with Gasteiger partial charge in [0.15, 0.2) is 0 Å². The maximum Gasteiger partial charge on any atom is 0.142 e. The SMILES string of the molecule is Nc1ccc(I)c(F)c1CC(=O)C1CC1. The molecule has 0 spiro atoms. The number of anilines is 1. The van der Waals surface area contributed by atoms with E-state index in [9.17, 15) is 9.18 Å². The number of rotatable bonds is 3. The zero-order valence-corrected chi connectivity index (χ0v) is 10.3. The molecule has 2 N–H and O–H groups in total. The van der Waals surface area contributed by atoms with Gasteiger partial charge in [0.25, 0.3) is 0 Å². The highest BCUT2D eigenvalue weighted by atomic mass is 127. The molecule has 1 saturated carbocycles. The normalized spacial score (nSPS) is 15.3. The molecule has 2 nitrogen and oxygen atoms in total. The van der Waals surface area contributed by atoms with Gasteiger partial charge in [0.2, 0.25) is 0 Å². The number of nitrogens with two attached hydrogens (primary N) is 1. The lowest BCUT2D eigenvalue weighted by Crippen LogP contribution is -2.09. The molecule has 15 heavy (non-hydrogen) atoms. The van der Waals surface area contributed by atoms with E-state index >= 15 is 0 Å². The van der Waals surface area contributed by atoms with Gasteiger partial charge in [-0.15, -0.1) is 0 Å². The summed E-state index contributed by atoms with van der Waals surface area (Å²) >= 11 is 1.90. The van der Waals surface area contributed by atoms with Gasteiger partial charge in [0.1, 0.15) is 11.6 Å². The van der Waals surface area contributed by atoms with Crippen molar-refractivity contribution >= 4 is 34.1 Å². The topological polar surface area (TPSA) is 43.1 Å². The second-order valence-electron chi connectivity index (χ2n) is 3.85. The molecule has 0 unspecified atom stereocenters. The molecule has 2 rings (SSSR count). The van der Waals surface area contributed by atoms with Gasteiger partial charge in [0.05, 0.1) is 0 Å². The maximum absolute atomic E-state index is 13.7. The van der Waals surface area contributed by atoms with Crippen LogP contribution in [0.1, 0.15) is 18.4 Å². The summed E-state index contributed by atoms with van der Waals surface area (Å²) in [5.41, 5.74) is 6.40. The van der Waals surface area contributed by atoms with Crippen LogP contribution in [0.15, 0.2) is 12.1 Å². The monoisotopic (exact) mass is 319 g/mol. The Morgan fingerprint density at radius 1 is 1.53 bits per heavy atom. The molecule has 1 aromatic carbocycles. The van der Waals surface area contributed by atoms with Crippen LogP contribution in [0.3, 0.4) is 0 Å². The van der Waals surface area contributed by atoms with Gasteiger partial charge in [-0.2, -0.15) is 0 Å². The highest BCUT2D eigenvalue weighted by Gasteiger charge is 2.30. The number of carbonyl (C=O) groups is 1. The zero-order chi connectivity index (χ0) is 11.0. The third-order valence-electron chi connectivity index (χ3n) is 2.62. The number of carbonyl (C=O) groups excluding carboxylic acids is 1. The van der Waals surface area contributed by atoms with Crippen LogP contribution in [-0.2, 0) is 11.2 Å². The molecule has 0 atom stereocenters. The van der Waals surface area contributed by atoms with Gasteiger partial charge < -0.3 is 5.73 Å². The van der Waals surface area contributed by atoms with Crippen LogP contribution in [-0.4, -0.2) is 5.78 Å². The van der Waals surface area contributed by atoms with E-state index in [0.29, 0.717) is 14.8 Å². The maximum atomic E-state index is 13.7. The minimum Gasteiger partial charge on any atom is -0.398 e. The van der Waals surface area contributed by atoms with E-state index in [1.807, 2.05) is 22.6 Å². The van der Waals surface area contributed by atoms with Crippen LogP contribution in [0.25, 0.3) is 0 Å². The van der Waals surface area contributed by atoms with E-state index in [-0.39, 0.29) is 23.9 Å². The Hall–Kier alpha value is -0.650. The van der Waals surface area contributed by atoms with E-state index in [2.05, 4.69) is 0 Å². The molecule has 0 aliphatic heterocycles. The average molecular weight is 319 g/mol. The first-order chi connectivity index (χ1) is 7.09. The van der Waals surface area contributed by atoms with Crippen LogP contribution < -0.4 is 5.73 Å². The Balaban J connectivity index is 2.26. The van der Waals surface area contributed by atoms with E-state index < -0.39 is 0 Å². The highest BCUT2D eigenvalue weighted by molar-refractivity contribution is 14.1. The number of Topliss-reactive ketones (excluding diaryl/α,β-unsaturated/α-hetero) is 1. The molecule has 80 valence electrons. The summed E-state index contributed by atoms with van der Waals surface area (Å²) < 4.78 is 14.2. The molecule has 1 aliphatic carbocycles. The van der Waals surface area contributed by atoms with Crippen molar-refractivity contribution in [2.45, 2.75) is 19.3 Å². The van der Waals surface area contributed by atoms with Gasteiger partial charge >= 0.3 is 0 Å². The largest absolute Gasteiger partial charge is 0.398 e. The van der Waals surface area contributed by atoms with E-state index in [1.54, 1.807) is 12.1 Å². The minimum atomic E-state index is -0.343. The first-order valence-corrected chi connectivity index (χ1v) is 5.92. The van der Waals surface area contributed by atoms with Crippen molar-refractivity contribution in [3.05, 3.63) is 27.1 Å². The molecule has 0 heterocycles. The second kappa shape index (κ2) is 4.08. The van der Waals surface area contributed by atoms with E-state index in [0.717, 1.165) is 12.8 Å². The minimum absolute atomic E-state index is 0.114. The number of benzene rings is 1. The summed E-state index contributed by atoms with van der Waals surface area (Å²) in [6.45, 7) is 0. The van der Waals surface area contributed by atoms with Gasteiger partial charge in [-0.1, -0.05) is 0 Å². The lowest BCUT2D eigenvalue weighted by Gasteiger charge is -2.07. The zero-order valence-electron chi connectivity index (χ0n) is 8.09. The van der Waals surface area contributed by atoms with Crippen molar-refractivity contribution in [3.8, 4) is 0 Å². The first-order valence-electron chi connectivity index (χ1n) is 4.84. The van der Waals surface area contributed by atoms with Crippen LogP contribution >= 0.6 is 22.6 Å². The Kier molecular flexibility index (Phi) is 2.95. The number of nitrogen functional groups attached to an aromatic ring is 1. The van der Waals surface area contributed by atoms with Gasteiger partial charge in [0, 0.05) is 27.2 Å². The van der Waals surface area contributed by atoms with Crippen LogP contribution in [0, 0.1) is 15.3 Å². The molecule has 0 aromatic heterocycles. The predicted molar refractivity (Wildman–Crippen MR) is 65.0 cm³/mol. The fourth-order valence-corrected chi connectivity index (χ4v) is 2.02. The lowest BCUT2D eigenvalue weighted by atomic mass is 10.0. The van der Waals surface area contributed by atoms with Crippen LogP contribution in [0.4, 0.5) is 10.1 Å². The van der Waals surface area contributed by atoms with Crippen molar-refractivity contribution in [1.29, 1.82) is 0 Å². The van der Waals surface area contributed by atoms with Crippen molar-refractivity contribution < 1.29 is 9.18 Å². The van der Waals surface area contributed by atoms with E-state index in [4.69, 9.17) is 5.73 Å². The second-order valence-corrected chi connectivity index (χ2v) is 5.01. The predicted octanol–water partition coefficient (Wildman–Crippen LogP) is 2.53. The molecule has 0 bridgehead atoms. The molecule has 0 amide bonds. The van der Waals surface area contributed by atoms with Crippen LogP contribution in [0.5, 0.6) is 0 Å². The van der Waals surface area contributed by atoms with Gasteiger partial charge in [-0.25, -0.2) is 4.39 Å². The van der Waals surface area contributed by atoms with E-state index in [1.165, 1.54) is 0 Å². The summed E-state index contributed by atoms with van der Waals surface area (Å²) in [6.07, 6.45) is 2.04. The Morgan fingerprint density at radius 2 is 2.20 bits per heavy atom. The Morgan fingerprint density at radius 3 is 2.80 bits per heavy atom. The third kappa shape index (κ3) is 2.30. The fraction of sp³-hybridized carbons (Fsp3) is 0.364. The molecule has 0 saturated heterocycles. The smallest absolute Gasteiger partial charge is 0.142 e. The standard InChI is InChI=1S/C11H11FINO/c12-11-7(5-10(15)6-1-2-6)9(14)4-3-8(11)13/h3-4,6H,1-2,5,14H2. The molecular formula is C11H11FINO. The molecular weight excluding hydrogens is 308 g/mol. The van der Waals surface area contributed by atoms with Gasteiger partial charge in [-0.3, -0.25) is 4.79 Å². The van der Waals surface area contributed by atoms with Crippen molar-refractivity contribution in [2.75, 3.05) is 5.73 Å². The third-order valence-corrected chi connectivity index (χ3v) is 3.45. The molecule has 1 fully saturated rings.